The number of aryl methyl sites for hydroxylation is 1. The van der Waals surface area contributed by atoms with E-state index in [1.807, 2.05) is 0 Å². The zero-order valence-corrected chi connectivity index (χ0v) is 14.3. The lowest BCUT2D eigenvalue weighted by molar-refractivity contribution is -0.140. The van der Waals surface area contributed by atoms with E-state index in [-0.39, 0.29) is 17.1 Å². The molecule has 0 radical (unpaired) electrons. The second-order valence-corrected chi connectivity index (χ2v) is 7.09. The zero-order valence-electron chi connectivity index (χ0n) is 13.5. The minimum Gasteiger partial charge on any atom is -0.480 e. The quantitative estimate of drug-likeness (QED) is 0.727. The molecular weight excluding hydrogens is 322 g/mol. The molecule has 1 atom stereocenters. The van der Waals surface area contributed by atoms with E-state index in [1.54, 1.807) is 27.7 Å². The number of hydrogen-bond acceptors (Lipinski definition) is 5. The van der Waals surface area contributed by atoms with E-state index < -0.39 is 33.9 Å². The summed E-state index contributed by atoms with van der Waals surface area (Å²) in [5.74, 6) is -2.32. The van der Waals surface area contributed by atoms with E-state index in [0.717, 1.165) is 0 Å². The molecular formula is C15H21NO6S. The van der Waals surface area contributed by atoms with E-state index in [2.05, 4.69) is 4.72 Å². The Labute approximate surface area is 135 Å². The molecule has 2 N–H and O–H groups in total. The molecule has 128 valence electrons. The summed E-state index contributed by atoms with van der Waals surface area (Å²) in [5.41, 5.74) is 0.701. The van der Waals surface area contributed by atoms with Gasteiger partial charge in [0.15, 0.2) is 0 Å². The van der Waals surface area contributed by atoms with Gasteiger partial charge in [-0.25, -0.2) is 13.2 Å². The Morgan fingerprint density at radius 1 is 1.30 bits per heavy atom. The minimum atomic E-state index is -4.08. The summed E-state index contributed by atoms with van der Waals surface area (Å²) in [6.07, 6.45) is 0. The average Bonchev–Trinajstić information content (AvgIpc) is 2.44. The number of carboxylic acids is 1. The number of carbonyl (C=O) groups is 2. The van der Waals surface area contributed by atoms with Gasteiger partial charge in [-0.05, 0) is 37.5 Å². The standard InChI is InChI=1S/C15H21NO6S/c1-5-22-15(19)12-8-11(7-6-10(12)4)23(20,21)16-13(9(2)3)14(17)18/h6-9,13,16H,5H2,1-4H3,(H,17,18)/t13-/m0/s1. The predicted octanol–water partition coefficient (Wildman–Crippen LogP) is 1.56. The summed E-state index contributed by atoms with van der Waals surface area (Å²) in [5, 5.41) is 9.11. The van der Waals surface area contributed by atoms with Gasteiger partial charge in [0, 0.05) is 0 Å². The fourth-order valence-electron chi connectivity index (χ4n) is 1.90. The van der Waals surface area contributed by atoms with E-state index in [0.29, 0.717) is 5.56 Å². The monoisotopic (exact) mass is 343 g/mol. The van der Waals surface area contributed by atoms with Crippen molar-refractivity contribution in [1.82, 2.24) is 4.72 Å². The van der Waals surface area contributed by atoms with Crippen molar-refractivity contribution in [2.45, 2.75) is 38.6 Å². The second-order valence-electron chi connectivity index (χ2n) is 5.38. The van der Waals surface area contributed by atoms with Crippen LogP contribution in [0.5, 0.6) is 0 Å². The number of sulfonamides is 1. The summed E-state index contributed by atoms with van der Waals surface area (Å²) < 4.78 is 31.8. The highest BCUT2D eigenvalue weighted by Gasteiger charge is 2.28. The third-order valence-corrected chi connectivity index (χ3v) is 4.67. The number of esters is 1. The van der Waals surface area contributed by atoms with Crippen LogP contribution >= 0.6 is 0 Å². The second kappa shape index (κ2) is 7.56. The fraction of sp³-hybridized carbons (Fsp3) is 0.467. The highest BCUT2D eigenvalue weighted by Crippen LogP contribution is 2.18. The molecule has 0 saturated heterocycles. The lowest BCUT2D eigenvalue weighted by Crippen LogP contribution is -2.44. The van der Waals surface area contributed by atoms with Crippen LogP contribution in [-0.2, 0) is 19.6 Å². The normalized spacial score (nSPS) is 12.9. The molecule has 0 aromatic heterocycles. The van der Waals surface area contributed by atoms with Crippen LogP contribution in [0.2, 0.25) is 0 Å². The van der Waals surface area contributed by atoms with Crippen LogP contribution in [0.25, 0.3) is 0 Å². The molecule has 0 aliphatic heterocycles. The van der Waals surface area contributed by atoms with Crippen molar-refractivity contribution < 1.29 is 27.9 Å². The predicted molar refractivity (Wildman–Crippen MR) is 83.7 cm³/mol. The highest BCUT2D eigenvalue weighted by molar-refractivity contribution is 7.89. The van der Waals surface area contributed by atoms with Crippen molar-refractivity contribution in [3.8, 4) is 0 Å². The molecule has 7 nitrogen and oxygen atoms in total. The number of nitrogens with one attached hydrogen (secondary N) is 1. The van der Waals surface area contributed by atoms with Crippen LogP contribution < -0.4 is 4.72 Å². The Kier molecular flexibility index (Phi) is 6.28. The van der Waals surface area contributed by atoms with Crippen LogP contribution in [0.3, 0.4) is 0 Å². The zero-order chi connectivity index (χ0) is 17.8. The number of carbonyl (C=O) groups excluding carboxylic acids is 1. The fourth-order valence-corrected chi connectivity index (χ4v) is 3.27. The summed E-state index contributed by atoms with van der Waals surface area (Å²) in [6, 6.07) is 2.73. The minimum absolute atomic E-state index is 0.131. The third-order valence-electron chi connectivity index (χ3n) is 3.23. The topological polar surface area (TPSA) is 110 Å². The maximum atomic E-state index is 12.4. The molecule has 0 spiro atoms. The Bertz CT molecular complexity index is 696. The molecule has 0 saturated carbocycles. The molecule has 23 heavy (non-hydrogen) atoms. The van der Waals surface area contributed by atoms with Crippen molar-refractivity contribution in [3.05, 3.63) is 29.3 Å². The van der Waals surface area contributed by atoms with Crippen molar-refractivity contribution in [2.24, 2.45) is 5.92 Å². The first-order valence-electron chi connectivity index (χ1n) is 7.13. The van der Waals surface area contributed by atoms with Gasteiger partial charge < -0.3 is 9.84 Å². The SMILES string of the molecule is CCOC(=O)c1cc(S(=O)(=O)N[C@H](C(=O)O)C(C)C)ccc1C. The molecule has 1 aromatic carbocycles. The van der Waals surface area contributed by atoms with Gasteiger partial charge in [0.1, 0.15) is 6.04 Å². The van der Waals surface area contributed by atoms with Crippen molar-refractivity contribution in [3.63, 3.8) is 0 Å². The first-order chi connectivity index (χ1) is 10.6. The van der Waals surface area contributed by atoms with Crippen LogP contribution in [0.15, 0.2) is 23.1 Å². The molecule has 0 bridgehead atoms. The largest absolute Gasteiger partial charge is 0.480 e. The van der Waals surface area contributed by atoms with Crippen molar-refractivity contribution >= 4 is 22.0 Å². The van der Waals surface area contributed by atoms with Gasteiger partial charge in [0.25, 0.3) is 0 Å². The summed E-state index contributed by atoms with van der Waals surface area (Å²) in [4.78, 5) is 22.8. The average molecular weight is 343 g/mol. The Balaban J connectivity index is 3.21. The third kappa shape index (κ3) is 4.77. The number of rotatable bonds is 7. The number of benzene rings is 1. The van der Waals surface area contributed by atoms with Crippen molar-refractivity contribution in [2.75, 3.05) is 6.61 Å². The molecule has 1 rings (SSSR count). The molecule has 0 amide bonds. The molecule has 8 heteroatoms. The molecule has 1 aromatic rings. The summed E-state index contributed by atoms with van der Waals surface area (Å²) in [7, 11) is -4.08. The lowest BCUT2D eigenvalue weighted by Gasteiger charge is -2.18. The summed E-state index contributed by atoms with van der Waals surface area (Å²) in [6.45, 7) is 6.67. The summed E-state index contributed by atoms with van der Waals surface area (Å²) >= 11 is 0. The van der Waals surface area contributed by atoms with E-state index in [9.17, 15) is 18.0 Å². The highest BCUT2D eigenvalue weighted by atomic mass is 32.2. The number of ether oxygens (including phenoxy) is 1. The van der Waals surface area contributed by atoms with Gasteiger partial charge in [0.2, 0.25) is 10.0 Å². The number of carboxylic acid groups (broad SMARTS) is 1. The Hall–Kier alpha value is -1.93. The maximum absolute atomic E-state index is 12.4. The van der Waals surface area contributed by atoms with Crippen LogP contribution in [0.1, 0.15) is 36.7 Å². The number of aliphatic carboxylic acids is 1. The van der Waals surface area contributed by atoms with Crippen LogP contribution in [0.4, 0.5) is 0 Å². The van der Waals surface area contributed by atoms with Crippen LogP contribution in [-0.4, -0.2) is 38.1 Å². The molecule has 0 aliphatic carbocycles. The van der Waals surface area contributed by atoms with Gasteiger partial charge in [0.05, 0.1) is 17.1 Å². The smallest absolute Gasteiger partial charge is 0.338 e. The number of hydrogen-bond donors (Lipinski definition) is 2. The van der Waals surface area contributed by atoms with Gasteiger partial charge in [-0.3, -0.25) is 4.79 Å². The maximum Gasteiger partial charge on any atom is 0.338 e. The molecule has 0 aliphatic rings. The Morgan fingerprint density at radius 3 is 2.39 bits per heavy atom. The first kappa shape index (κ1) is 19.1. The van der Waals surface area contributed by atoms with Gasteiger partial charge in [-0.15, -0.1) is 0 Å². The van der Waals surface area contributed by atoms with E-state index in [4.69, 9.17) is 9.84 Å². The molecule has 0 unspecified atom stereocenters. The van der Waals surface area contributed by atoms with Crippen LogP contribution in [0, 0.1) is 12.8 Å². The molecule has 0 fully saturated rings. The van der Waals surface area contributed by atoms with Gasteiger partial charge in [-0.2, -0.15) is 4.72 Å². The first-order valence-corrected chi connectivity index (χ1v) is 8.61. The van der Waals surface area contributed by atoms with Gasteiger partial charge >= 0.3 is 11.9 Å². The lowest BCUT2D eigenvalue weighted by atomic mass is 10.1. The van der Waals surface area contributed by atoms with Crippen molar-refractivity contribution in [1.29, 1.82) is 0 Å². The molecule has 0 heterocycles. The van der Waals surface area contributed by atoms with E-state index in [1.165, 1.54) is 18.2 Å². The van der Waals surface area contributed by atoms with E-state index >= 15 is 0 Å². The van der Waals surface area contributed by atoms with Gasteiger partial charge in [-0.1, -0.05) is 19.9 Å². The Morgan fingerprint density at radius 2 is 1.91 bits per heavy atom.